The SMILES string of the molecule is CNCCCN(C)c1nc(Cc2cccnc2)cc2c1-c1ccc(C)cc1C2. The molecule has 1 aliphatic rings. The second kappa shape index (κ2) is 8.11. The molecule has 28 heavy (non-hydrogen) atoms. The van der Waals surface area contributed by atoms with E-state index in [1.54, 1.807) is 0 Å². The molecule has 144 valence electrons. The molecule has 0 spiro atoms. The van der Waals surface area contributed by atoms with Gasteiger partial charge in [-0.05, 0) is 67.7 Å². The van der Waals surface area contributed by atoms with Crippen molar-refractivity contribution in [2.45, 2.75) is 26.2 Å². The number of nitrogens with one attached hydrogen (secondary N) is 1. The van der Waals surface area contributed by atoms with Crippen molar-refractivity contribution in [1.29, 1.82) is 0 Å². The van der Waals surface area contributed by atoms with Crippen LogP contribution in [0, 0.1) is 6.92 Å². The van der Waals surface area contributed by atoms with E-state index in [1.165, 1.54) is 33.4 Å². The van der Waals surface area contributed by atoms with Gasteiger partial charge in [0.2, 0.25) is 0 Å². The van der Waals surface area contributed by atoms with Gasteiger partial charge in [0.25, 0.3) is 0 Å². The van der Waals surface area contributed by atoms with E-state index in [-0.39, 0.29) is 0 Å². The minimum Gasteiger partial charge on any atom is -0.359 e. The lowest BCUT2D eigenvalue weighted by molar-refractivity contribution is 0.708. The molecule has 2 heterocycles. The molecule has 1 N–H and O–H groups in total. The fourth-order valence-electron chi connectivity index (χ4n) is 4.07. The van der Waals surface area contributed by atoms with Crippen molar-refractivity contribution >= 4 is 5.82 Å². The molecule has 4 heteroatoms. The first-order valence-corrected chi connectivity index (χ1v) is 10.0. The van der Waals surface area contributed by atoms with Crippen LogP contribution in [0.1, 0.15) is 34.4 Å². The summed E-state index contributed by atoms with van der Waals surface area (Å²) in [5, 5.41) is 3.24. The van der Waals surface area contributed by atoms with Gasteiger partial charge in [-0.25, -0.2) is 4.98 Å². The van der Waals surface area contributed by atoms with Crippen LogP contribution in [-0.4, -0.2) is 37.2 Å². The molecule has 0 unspecified atom stereocenters. The van der Waals surface area contributed by atoms with E-state index in [4.69, 9.17) is 4.98 Å². The molecule has 0 bridgehead atoms. The lowest BCUT2D eigenvalue weighted by Gasteiger charge is -2.22. The van der Waals surface area contributed by atoms with Crippen molar-refractivity contribution in [2.75, 3.05) is 32.1 Å². The summed E-state index contributed by atoms with van der Waals surface area (Å²) in [4.78, 5) is 11.7. The minimum atomic E-state index is 0.813. The standard InChI is InChI=1S/C24H28N4/c1-17-7-8-22-19(12-17)14-20-15-21(13-18-6-4-10-26-16-18)27-24(23(20)22)28(3)11-5-9-25-2/h4,6-8,10,12,15-16,25H,5,9,11,13-14H2,1-3H3. The summed E-state index contributed by atoms with van der Waals surface area (Å²) in [6.45, 7) is 4.16. The summed E-state index contributed by atoms with van der Waals surface area (Å²) in [5.41, 5.74) is 9.11. The van der Waals surface area contributed by atoms with Crippen LogP contribution in [0.2, 0.25) is 0 Å². The van der Waals surface area contributed by atoms with Gasteiger partial charge in [0.05, 0.1) is 0 Å². The third-order valence-electron chi connectivity index (χ3n) is 5.44. The van der Waals surface area contributed by atoms with Crippen molar-refractivity contribution in [2.24, 2.45) is 0 Å². The van der Waals surface area contributed by atoms with E-state index >= 15 is 0 Å². The lowest BCUT2D eigenvalue weighted by atomic mass is 10.0. The van der Waals surface area contributed by atoms with Crippen LogP contribution in [0.5, 0.6) is 0 Å². The van der Waals surface area contributed by atoms with E-state index < -0.39 is 0 Å². The summed E-state index contributed by atoms with van der Waals surface area (Å²) in [6, 6.07) is 13.2. The van der Waals surface area contributed by atoms with Crippen LogP contribution in [0.4, 0.5) is 5.82 Å². The molecule has 3 aromatic rings. The smallest absolute Gasteiger partial charge is 0.136 e. The van der Waals surface area contributed by atoms with E-state index in [0.717, 1.165) is 43.9 Å². The molecule has 0 radical (unpaired) electrons. The Morgan fingerprint density at radius 2 is 2.04 bits per heavy atom. The Morgan fingerprint density at radius 3 is 2.82 bits per heavy atom. The summed E-state index contributed by atoms with van der Waals surface area (Å²) < 4.78 is 0. The van der Waals surface area contributed by atoms with Gasteiger partial charge >= 0.3 is 0 Å². The van der Waals surface area contributed by atoms with Gasteiger partial charge in [-0.15, -0.1) is 0 Å². The van der Waals surface area contributed by atoms with E-state index in [9.17, 15) is 0 Å². The first-order chi connectivity index (χ1) is 13.7. The van der Waals surface area contributed by atoms with Crippen LogP contribution < -0.4 is 10.2 Å². The fraction of sp³-hybridized carbons (Fsp3) is 0.333. The monoisotopic (exact) mass is 372 g/mol. The van der Waals surface area contributed by atoms with E-state index in [0.29, 0.717) is 0 Å². The largest absolute Gasteiger partial charge is 0.359 e. The number of anilines is 1. The highest BCUT2D eigenvalue weighted by Gasteiger charge is 2.25. The molecule has 0 saturated heterocycles. The first kappa shape index (κ1) is 18.6. The minimum absolute atomic E-state index is 0.813. The van der Waals surface area contributed by atoms with Crippen molar-refractivity contribution in [3.8, 4) is 11.1 Å². The zero-order valence-corrected chi connectivity index (χ0v) is 17.0. The number of pyridine rings is 2. The lowest BCUT2D eigenvalue weighted by Crippen LogP contribution is -2.24. The van der Waals surface area contributed by atoms with Gasteiger partial charge in [0.1, 0.15) is 5.82 Å². The van der Waals surface area contributed by atoms with Gasteiger partial charge in [0, 0.05) is 43.7 Å². The summed E-state index contributed by atoms with van der Waals surface area (Å²) in [7, 11) is 4.17. The van der Waals surface area contributed by atoms with Crippen molar-refractivity contribution in [1.82, 2.24) is 15.3 Å². The number of aryl methyl sites for hydroxylation is 1. The number of aromatic nitrogens is 2. The maximum atomic E-state index is 5.12. The molecule has 0 aliphatic heterocycles. The predicted octanol–water partition coefficient (Wildman–Crippen LogP) is 3.99. The fourth-order valence-corrected chi connectivity index (χ4v) is 4.07. The highest BCUT2D eigenvalue weighted by molar-refractivity contribution is 5.85. The third-order valence-corrected chi connectivity index (χ3v) is 5.44. The second-order valence-electron chi connectivity index (χ2n) is 7.73. The molecule has 0 fully saturated rings. The quantitative estimate of drug-likeness (QED) is 0.498. The van der Waals surface area contributed by atoms with Gasteiger partial charge in [-0.1, -0.05) is 29.8 Å². The highest BCUT2D eigenvalue weighted by atomic mass is 15.2. The Morgan fingerprint density at radius 1 is 1.14 bits per heavy atom. The van der Waals surface area contributed by atoms with Crippen molar-refractivity contribution in [3.05, 3.63) is 76.7 Å². The van der Waals surface area contributed by atoms with Crippen molar-refractivity contribution in [3.63, 3.8) is 0 Å². The molecular formula is C24H28N4. The molecule has 4 nitrogen and oxygen atoms in total. The second-order valence-corrected chi connectivity index (χ2v) is 7.73. The van der Waals surface area contributed by atoms with Gasteiger partial charge in [-0.2, -0.15) is 0 Å². The third kappa shape index (κ3) is 3.78. The summed E-state index contributed by atoms with van der Waals surface area (Å²) >= 11 is 0. The molecule has 4 rings (SSSR count). The van der Waals surface area contributed by atoms with E-state index in [1.807, 2.05) is 25.5 Å². The number of hydrogen-bond acceptors (Lipinski definition) is 4. The summed E-state index contributed by atoms with van der Waals surface area (Å²) in [6.07, 6.45) is 6.65. The van der Waals surface area contributed by atoms with Crippen molar-refractivity contribution < 1.29 is 0 Å². The van der Waals surface area contributed by atoms with Crippen LogP contribution in [0.3, 0.4) is 0 Å². The number of nitrogens with zero attached hydrogens (tertiary/aromatic N) is 3. The number of rotatable bonds is 7. The van der Waals surface area contributed by atoms with Crippen LogP contribution in [0.15, 0.2) is 48.8 Å². The number of hydrogen-bond donors (Lipinski definition) is 1. The van der Waals surface area contributed by atoms with Gasteiger partial charge in [-0.3, -0.25) is 4.98 Å². The first-order valence-electron chi connectivity index (χ1n) is 10.0. The highest BCUT2D eigenvalue weighted by Crippen LogP contribution is 2.42. The average Bonchev–Trinajstić information content (AvgIpc) is 3.05. The molecule has 1 aromatic carbocycles. The topological polar surface area (TPSA) is 41.0 Å². The average molecular weight is 373 g/mol. The zero-order valence-electron chi connectivity index (χ0n) is 17.0. The molecule has 0 saturated carbocycles. The zero-order chi connectivity index (χ0) is 19.5. The van der Waals surface area contributed by atoms with Crippen LogP contribution >= 0.6 is 0 Å². The van der Waals surface area contributed by atoms with E-state index in [2.05, 4.69) is 59.5 Å². The Kier molecular flexibility index (Phi) is 5.40. The van der Waals surface area contributed by atoms with Crippen LogP contribution in [0.25, 0.3) is 11.1 Å². The summed E-state index contributed by atoms with van der Waals surface area (Å²) in [5.74, 6) is 1.11. The molecule has 0 atom stereocenters. The van der Waals surface area contributed by atoms with Gasteiger partial charge < -0.3 is 10.2 Å². The van der Waals surface area contributed by atoms with Gasteiger partial charge in [0.15, 0.2) is 0 Å². The normalized spacial score (nSPS) is 12.0. The Labute approximate surface area is 167 Å². The maximum absolute atomic E-state index is 5.12. The Balaban J connectivity index is 1.74. The number of fused-ring (bicyclic) bond motifs is 3. The predicted molar refractivity (Wildman–Crippen MR) is 116 cm³/mol. The number of benzene rings is 1. The molecule has 1 aliphatic carbocycles. The Bertz CT molecular complexity index is 966. The molecule has 0 amide bonds. The molecule has 2 aromatic heterocycles. The molecular weight excluding hydrogens is 344 g/mol. The Hall–Kier alpha value is -2.72. The van der Waals surface area contributed by atoms with Crippen LogP contribution in [-0.2, 0) is 12.8 Å². The maximum Gasteiger partial charge on any atom is 0.136 e.